The number of phenols is 4. The predicted molar refractivity (Wildman–Crippen MR) is 144 cm³/mol. The lowest BCUT2D eigenvalue weighted by Crippen LogP contribution is -2.11. The summed E-state index contributed by atoms with van der Waals surface area (Å²) in [6.07, 6.45) is 8.29. The molecule has 0 aliphatic carbocycles. The lowest BCUT2D eigenvalue weighted by Gasteiger charge is -2.14. The summed E-state index contributed by atoms with van der Waals surface area (Å²) in [5.74, 6) is -0.760. The van der Waals surface area contributed by atoms with E-state index in [0.29, 0.717) is 12.0 Å². The van der Waals surface area contributed by atoms with Crippen LogP contribution in [0.5, 0.6) is 23.0 Å². The topological polar surface area (TPSA) is 111 Å². The van der Waals surface area contributed by atoms with Crippen LogP contribution in [0.1, 0.15) is 58.6 Å². The van der Waals surface area contributed by atoms with E-state index in [1.165, 1.54) is 23.8 Å². The number of fused-ring (bicyclic) bond motifs is 1. The highest BCUT2D eigenvalue weighted by Gasteiger charge is 2.22. The zero-order chi connectivity index (χ0) is 26.6. The van der Waals surface area contributed by atoms with Crippen LogP contribution in [-0.4, -0.2) is 20.4 Å². The smallest absolute Gasteiger partial charge is 0.200 e. The standard InChI is InChI=1S/C30H34O6/c1-17(2)7-6-8-19(5)10-12-21-24(32)14-13-22(28(21)34)30-23(11-9-18(3)4)29(35)27-25(33)15-20(31)16-26(27)36-30/h7,9-10,13-16,31-34H,6,8,11-12H2,1-5H3. The van der Waals surface area contributed by atoms with Gasteiger partial charge in [0.25, 0.3) is 0 Å². The van der Waals surface area contributed by atoms with E-state index in [0.717, 1.165) is 30.1 Å². The first-order valence-corrected chi connectivity index (χ1v) is 12.0. The monoisotopic (exact) mass is 490 g/mol. The summed E-state index contributed by atoms with van der Waals surface area (Å²) in [6, 6.07) is 5.30. The van der Waals surface area contributed by atoms with E-state index < -0.39 is 5.43 Å². The molecule has 0 amide bonds. The van der Waals surface area contributed by atoms with Gasteiger partial charge in [0.1, 0.15) is 39.7 Å². The number of rotatable bonds is 8. The molecular formula is C30H34O6. The Bertz CT molecular complexity index is 1430. The van der Waals surface area contributed by atoms with Crippen molar-refractivity contribution in [2.24, 2.45) is 0 Å². The molecule has 0 saturated carbocycles. The summed E-state index contributed by atoms with van der Waals surface area (Å²) in [7, 11) is 0. The first kappa shape index (κ1) is 26.7. The van der Waals surface area contributed by atoms with Crippen molar-refractivity contribution in [3.05, 3.63) is 80.6 Å². The van der Waals surface area contributed by atoms with E-state index >= 15 is 0 Å². The Kier molecular flexibility index (Phi) is 8.30. The molecule has 3 rings (SSSR count). The van der Waals surface area contributed by atoms with Crippen LogP contribution in [0, 0.1) is 0 Å². The Balaban J connectivity index is 2.16. The average Bonchev–Trinajstić information content (AvgIpc) is 2.77. The van der Waals surface area contributed by atoms with Crippen LogP contribution < -0.4 is 5.43 Å². The largest absolute Gasteiger partial charge is 0.508 e. The number of allylic oxidation sites excluding steroid dienone is 6. The maximum Gasteiger partial charge on any atom is 0.200 e. The van der Waals surface area contributed by atoms with Gasteiger partial charge >= 0.3 is 0 Å². The molecule has 3 aromatic rings. The third kappa shape index (κ3) is 6.00. The fourth-order valence-corrected chi connectivity index (χ4v) is 4.01. The molecule has 6 heteroatoms. The van der Waals surface area contributed by atoms with Crippen molar-refractivity contribution in [1.82, 2.24) is 0 Å². The van der Waals surface area contributed by atoms with Gasteiger partial charge in [-0.3, -0.25) is 4.79 Å². The maximum atomic E-state index is 13.4. The Morgan fingerprint density at radius 1 is 0.833 bits per heavy atom. The molecule has 0 spiro atoms. The Labute approximate surface area is 211 Å². The van der Waals surface area contributed by atoms with E-state index in [1.54, 1.807) is 0 Å². The molecule has 0 aliphatic heterocycles. The number of hydrogen-bond acceptors (Lipinski definition) is 6. The van der Waals surface area contributed by atoms with Gasteiger partial charge in [0.15, 0.2) is 0 Å². The highest BCUT2D eigenvalue weighted by molar-refractivity contribution is 5.88. The molecule has 0 unspecified atom stereocenters. The van der Waals surface area contributed by atoms with Gasteiger partial charge in [-0.2, -0.15) is 0 Å². The third-order valence-corrected chi connectivity index (χ3v) is 6.02. The maximum absolute atomic E-state index is 13.4. The molecule has 2 aromatic carbocycles. The quantitative estimate of drug-likeness (QED) is 0.252. The first-order chi connectivity index (χ1) is 17.0. The normalized spacial score (nSPS) is 11.5. The third-order valence-electron chi connectivity index (χ3n) is 6.02. The molecule has 6 nitrogen and oxygen atoms in total. The van der Waals surface area contributed by atoms with Crippen molar-refractivity contribution in [3.8, 4) is 34.3 Å². The van der Waals surface area contributed by atoms with Gasteiger partial charge in [0, 0.05) is 23.3 Å². The Morgan fingerprint density at radius 3 is 2.17 bits per heavy atom. The van der Waals surface area contributed by atoms with Crippen LogP contribution in [0.3, 0.4) is 0 Å². The lowest BCUT2D eigenvalue weighted by molar-refractivity contribution is 0.440. The molecule has 1 heterocycles. The molecule has 0 bridgehead atoms. The van der Waals surface area contributed by atoms with Gasteiger partial charge in [-0.15, -0.1) is 0 Å². The first-order valence-electron chi connectivity index (χ1n) is 12.0. The van der Waals surface area contributed by atoms with Crippen molar-refractivity contribution >= 4 is 11.0 Å². The molecule has 0 saturated heterocycles. The van der Waals surface area contributed by atoms with Gasteiger partial charge in [-0.25, -0.2) is 0 Å². The second-order valence-corrected chi connectivity index (χ2v) is 9.60. The van der Waals surface area contributed by atoms with E-state index in [2.05, 4.69) is 19.9 Å². The predicted octanol–water partition coefficient (Wildman–Crippen LogP) is 7.03. The van der Waals surface area contributed by atoms with E-state index in [-0.39, 0.29) is 57.3 Å². The SMILES string of the molecule is CC(C)=CCCC(C)=CCc1c(O)ccc(-c2oc3cc(O)cc(O)c3c(=O)c2CC=C(C)C)c1O. The summed E-state index contributed by atoms with van der Waals surface area (Å²) in [6.45, 7) is 9.93. The van der Waals surface area contributed by atoms with Gasteiger partial charge < -0.3 is 24.8 Å². The van der Waals surface area contributed by atoms with Gasteiger partial charge in [0.05, 0.1) is 5.56 Å². The van der Waals surface area contributed by atoms with Crippen LogP contribution in [-0.2, 0) is 12.8 Å². The van der Waals surface area contributed by atoms with Crippen LogP contribution in [0.25, 0.3) is 22.3 Å². The van der Waals surface area contributed by atoms with Crippen molar-refractivity contribution < 1.29 is 24.8 Å². The minimum absolute atomic E-state index is 0.00233. The minimum Gasteiger partial charge on any atom is -0.508 e. The summed E-state index contributed by atoms with van der Waals surface area (Å²) >= 11 is 0. The van der Waals surface area contributed by atoms with Crippen molar-refractivity contribution in [2.75, 3.05) is 0 Å². The van der Waals surface area contributed by atoms with Crippen LogP contribution in [0.2, 0.25) is 0 Å². The molecule has 0 radical (unpaired) electrons. The van der Waals surface area contributed by atoms with E-state index in [1.807, 2.05) is 32.9 Å². The molecule has 36 heavy (non-hydrogen) atoms. The van der Waals surface area contributed by atoms with E-state index in [9.17, 15) is 25.2 Å². The number of phenolic OH excluding ortho intramolecular Hbond substituents is 4. The summed E-state index contributed by atoms with van der Waals surface area (Å²) < 4.78 is 6.02. The Morgan fingerprint density at radius 2 is 1.50 bits per heavy atom. The molecular weight excluding hydrogens is 456 g/mol. The van der Waals surface area contributed by atoms with Crippen molar-refractivity contribution in [1.29, 1.82) is 0 Å². The fourth-order valence-electron chi connectivity index (χ4n) is 4.01. The zero-order valence-corrected chi connectivity index (χ0v) is 21.5. The summed E-state index contributed by atoms with van der Waals surface area (Å²) in [5, 5.41) is 41.9. The average molecular weight is 491 g/mol. The Hall–Kier alpha value is -3.93. The van der Waals surface area contributed by atoms with Gasteiger partial charge in [-0.1, -0.05) is 34.9 Å². The van der Waals surface area contributed by atoms with Crippen LogP contribution in [0.15, 0.2) is 68.4 Å². The lowest BCUT2D eigenvalue weighted by atomic mass is 9.96. The summed E-state index contributed by atoms with van der Waals surface area (Å²) in [4.78, 5) is 13.4. The minimum atomic E-state index is -0.453. The molecule has 0 fully saturated rings. The molecule has 190 valence electrons. The van der Waals surface area contributed by atoms with Gasteiger partial charge in [-0.05, 0) is 72.4 Å². The highest BCUT2D eigenvalue weighted by Crippen LogP contribution is 2.41. The van der Waals surface area contributed by atoms with Crippen molar-refractivity contribution in [3.63, 3.8) is 0 Å². The fraction of sp³-hybridized carbons (Fsp3) is 0.300. The van der Waals surface area contributed by atoms with Gasteiger partial charge in [0.2, 0.25) is 5.43 Å². The second kappa shape index (κ2) is 11.2. The van der Waals surface area contributed by atoms with Crippen molar-refractivity contribution in [2.45, 2.75) is 60.3 Å². The second-order valence-electron chi connectivity index (χ2n) is 9.60. The number of aromatic hydroxyl groups is 4. The number of benzene rings is 2. The molecule has 1 aromatic heterocycles. The zero-order valence-electron chi connectivity index (χ0n) is 21.5. The van der Waals surface area contributed by atoms with Crippen LogP contribution in [0.4, 0.5) is 0 Å². The van der Waals surface area contributed by atoms with E-state index in [4.69, 9.17) is 4.42 Å². The van der Waals surface area contributed by atoms with Crippen LogP contribution >= 0.6 is 0 Å². The molecule has 4 N–H and O–H groups in total. The highest BCUT2D eigenvalue weighted by atomic mass is 16.3. The molecule has 0 atom stereocenters. The number of hydrogen-bond donors (Lipinski definition) is 4. The summed E-state index contributed by atoms with van der Waals surface area (Å²) in [5.41, 5.74) is 3.74. The molecule has 0 aliphatic rings.